The van der Waals surface area contributed by atoms with Crippen LogP contribution in [-0.4, -0.2) is 96.7 Å². The number of carboxylic acid groups (broad SMARTS) is 1. The number of sulfonamides is 2. The van der Waals surface area contributed by atoms with E-state index in [1.165, 1.54) is 43.3 Å². The molecule has 0 bridgehead atoms. The molecule has 1 aliphatic rings. The number of hydrogen-bond donors (Lipinski definition) is 1. The van der Waals surface area contributed by atoms with Crippen molar-refractivity contribution in [2.24, 2.45) is 0 Å². The third-order valence-electron chi connectivity index (χ3n) is 3.94. The highest BCUT2D eigenvalue weighted by molar-refractivity contribution is 7.92. The van der Waals surface area contributed by atoms with Crippen LogP contribution in [0.5, 0.6) is 0 Å². The lowest BCUT2D eigenvalue weighted by atomic mass is 10.3. The number of carbonyl (C=O) groups excluding carboxylic acids is 1. The topological polar surface area (TPSA) is 142 Å². The molecule has 2 rings (SSSR count). The maximum atomic E-state index is 12.6. The van der Waals surface area contributed by atoms with Gasteiger partial charge in [-0.25, -0.2) is 21.1 Å². The average molecular weight is 452 g/mol. The molecule has 0 aromatic heterocycles. The molecule has 1 fully saturated rings. The van der Waals surface area contributed by atoms with Gasteiger partial charge in [0.2, 0.25) is 26.0 Å². The van der Waals surface area contributed by atoms with Gasteiger partial charge in [-0.3, -0.25) is 13.9 Å². The summed E-state index contributed by atoms with van der Waals surface area (Å²) in [7, 11) is -5.07. The lowest BCUT2D eigenvalue weighted by molar-refractivity contribution is -0.133. The summed E-state index contributed by atoms with van der Waals surface area (Å²) < 4.78 is 56.8. The second-order valence-electron chi connectivity index (χ2n) is 6.12. The van der Waals surface area contributed by atoms with E-state index in [-0.39, 0.29) is 17.1 Å². The number of anilines is 1. The number of ether oxygens (including phenoxy) is 1. The fourth-order valence-electron chi connectivity index (χ4n) is 2.49. The molecule has 11 nitrogen and oxygen atoms in total. The molecule has 0 aliphatic carbocycles. The number of benzene rings is 1. The number of morpholine rings is 1. The molecule has 29 heavy (non-hydrogen) atoms. The van der Waals surface area contributed by atoms with E-state index in [2.05, 4.69) is 0 Å². The van der Waals surface area contributed by atoms with Gasteiger partial charge in [0, 0.05) is 27.2 Å². The van der Waals surface area contributed by atoms with Gasteiger partial charge in [0.1, 0.15) is 11.4 Å². The monoisotopic (exact) mass is 451 g/mol. The van der Waals surface area contributed by atoms with Gasteiger partial charge in [-0.2, -0.15) is 0 Å². The average Bonchev–Trinajstić information content (AvgIpc) is 2.66. The van der Waals surface area contributed by atoms with Crippen LogP contribution in [0.4, 0.5) is 5.69 Å². The lowest BCUT2D eigenvalue weighted by Crippen LogP contribution is -2.47. The molecule has 1 amide bonds. The first-order valence-electron chi connectivity index (χ1n) is 8.39. The highest BCUT2D eigenvalue weighted by atomic mass is 32.2. The molecule has 1 heterocycles. The molecule has 0 atom stereocenters. The number of rotatable bonds is 6. The number of carbonyl (C=O) groups is 2. The Hall–Kier alpha value is -2.22. The summed E-state index contributed by atoms with van der Waals surface area (Å²) in [5, 5.41) is 6.89. The minimum absolute atomic E-state index is 0.0506. The summed E-state index contributed by atoms with van der Waals surface area (Å²) in [6.07, 6.45) is 0.943. The maximum Gasteiger partial charge on any atom is 0.290 e. The molecule has 0 radical (unpaired) electrons. The molecular formula is C16H25N3O8S2. The van der Waals surface area contributed by atoms with E-state index in [4.69, 9.17) is 14.6 Å². The zero-order valence-electron chi connectivity index (χ0n) is 16.4. The number of amides is 1. The first-order valence-corrected chi connectivity index (χ1v) is 11.7. The van der Waals surface area contributed by atoms with E-state index in [1.54, 1.807) is 0 Å². The van der Waals surface area contributed by atoms with Gasteiger partial charge >= 0.3 is 0 Å². The zero-order valence-corrected chi connectivity index (χ0v) is 18.0. The van der Waals surface area contributed by atoms with Crippen molar-refractivity contribution in [3.05, 3.63) is 24.3 Å². The van der Waals surface area contributed by atoms with Gasteiger partial charge in [-0.1, -0.05) is 12.1 Å². The van der Waals surface area contributed by atoms with E-state index in [0.29, 0.717) is 26.3 Å². The van der Waals surface area contributed by atoms with Crippen molar-refractivity contribution >= 4 is 38.1 Å². The van der Waals surface area contributed by atoms with E-state index >= 15 is 0 Å². The zero-order chi connectivity index (χ0) is 22.2. The first-order chi connectivity index (χ1) is 13.5. The van der Waals surface area contributed by atoms with Crippen LogP contribution in [-0.2, 0) is 34.4 Å². The molecule has 1 N–H and O–H groups in total. The number of para-hydroxylation sites is 1. The van der Waals surface area contributed by atoms with Gasteiger partial charge in [0.25, 0.3) is 6.47 Å². The maximum absolute atomic E-state index is 12.6. The van der Waals surface area contributed by atoms with Crippen LogP contribution in [0.15, 0.2) is 29.2 Å². The Kier molecular flexibility index (Phi) is 9.01. The summed E-state index contributed by atoms with van der Waals surface area (Å²) in [6.45, 7) is 0.785. The van der Waals surface area contributed by atoms with Crippen molar-refractivity contribution in [3.8, 4) is 0 Å². The molecule has 1 aromatic rings. The molecule has 1 aliphatic heterocycles. The summed E-state index contributed by atoms with van der Waals surface area (Å²) in [6, 6.07) is 5.73. The molecule has 0 spiro atoms. The van der Waals surface area contributed by atoms with Crippen molar-refractivity contribution in [2.75, 3.05) is 57.5 Å². The number of hydrogen-bond acceptors (Lipinski definition) is 7. The predicted octanol–water partition coefficient (Wildman–Crippen LogP) is -0.737. The minimum Gasteiger partial charge on any atom is -0.483 e. The van der Waals surface area contributed by atoms with Crippen molar-refractivity contribution < 1.29 is 36.3 Å². The van der Waals surface area contributed by atoms with Crippen molar-refractivity contribution in [3.63, 3.8) is 0 Å². The molecule has 13 heteroatoms. The van der Waals surface area contributed by atoms with Gasteiger partial charge in [0.15, 0.2) is 0 Å². The van der Waals surface area contributed by atoms with Crippen molar-refractivity contribution in [1.29, 1.82) is 0 Å². The van der Waals surface area contributed by atoms with Gasteiger partial charge in [0.05, 0.1) is 25.2 Å². The van der Waals surface area contributed by atoms with Crippen LogP contribution in [0, 0.1) is 0 Å². The Morgan fingerprint density at radius 2 is 1.69 bits per heavy atom. The fourth-order valence-corrected chi connectivity index (χ4v) is 4.50. The third-order valence-corrected chi connectivity index (χ3v) is 6.92. The SMILES string of the molecule is CN(C)S(=O)(=O)c1ccccc1N(CC(=O)N1CCOCC1)S(C)(=O)=O.O=CO. The predicted molar refractivity (Wildman–Crippen MR) is 106 cm³/mol. The van der Waals surface area contributed by atoms with Crippen LogP contribution in [0.25, 0.3) is 0 Å². The summed E-state index contributed by atoms with van der Waals surface area (Å²) in [4.78, 5) is 22.2. The fraction of sp³-hybridized carbons (Fsp3) is 0.500. The van der Waals surface area contributed by atoms with Gasteiger partial charge < -0.3 is 14.7 Å². The van der Waals surface area contributed by atoms with Gasteiger partial charge in [-0.05, 0) is 12.1 Å². The Balaban J connectivity index is 0.00000132. The minimum atomic E-state index is -3.89. The van der Waals surface area contributed by atoms with Crippen LogP contribution in [0.3, 0.4) is 0 Å². The van der Waals surface area contributed by atoms with Crippen molar-refractivity contribution in [1.82, 2.24) is 9.21 Å². The summed E-state index contributed by atoms with van der Waals surface area (Å²) in [5.74, 6) is -0.407. The molecular weight excluding hydrogens is 426 g/mol. The van der Waals surface area contributed by atoms with E-state index in [0.717, 1.165) is 14.9 Å². The Morgan fingerprint density at radius 3 is 2.17 bits per heavy atom. The van der Waals surface area contributed by atoms with Crippen LogP contribution < -0.4 is 4.31 Å². The highest BCUT2D eigenvalue weighted by Crippen LogP contribution is 2.28. The molecule has 164 valence electrons. The second kappa shape index (κ2) is 10.5. The smallest absolute Gasteiger partial charge is 0.290 e. The largest absolute Gasteiger partial charge is 0.483 e. The normalized spacial score (nSPS) is 14.7. The highest BCUT2D eigenvalue weighted by Gasteiger charge is 2.30. The second-order valence-corrected chi connectivity index (χ2v) is 10.2. The van der Waals surface area contributed by atoms with Gasteiger partial charge in [-0.15, -0.1) is 0 Å². The van der Waals surface area contributed by atoms with Crippen LogP contribution in [0.1, 0.15) is 0 Å². The quantitative estimate of drug-likeness (QED) is 0.558. The molecule has 1 aromatic carbocycles. The Labute approximate surface area is 170 Å². The standard InChI is InChI=1S/C15H23N3O6S2.CH2O2/c1-16(2)26(22,23)14-7-5-4-6-13(14)18(25(3,20)21)12-15(19)17-8-10-24-11-9-17;2-1-3/h4-7H,8-12H2,1-3H3;1H,(H,2,3). The number of nitrogens with zero attached hydrogens (tertiary/aromatic N) is 3. The van der Waals surface area contributed by atoms with E-state index in [9.17, 15) is 21.6 Å². The summed E-state index contributed by atoms with van der Waals surface area (Å²) in [5.41, 5.74) is -0.0506. The lowest BCUT2D eigenvalue weighted by Gasteiger charge is -2.30. The van der Waals surface area contributed by atoms with Crippen LogP contribution >= 0.6 is 0 Å². The molecule has 0 unspecified atom stereocenters. The van der Waals surface area contributed by atoms with E-state index < -0.39 is 32.5 Å². The molecule has 1 saturated heterocycles. The molecule has 0 saturated carbocycles. The summed E-state index contributed by atoms with van der Waals surface area (Å²) >= 11 is 0. The Morgan fingerprint density at radius 1 is 1.17 bits per heavy atom. The Bertz CT molecular complexity index is 910. The third kappa shape index (κ3) is 6.66. The van der Waals surface area contributed by atoms with Crippen molar-refractivity contribution in [2.45, 2.75) is 4.90 Å². The van der Waals surface area contributed by atoms with E-state index in [1.807, 2.05) is 0 Å². The van der Waals surface area contributed by atoms with Crippen LogP contribution in [0.2, 0.25) is 0 Å². The first kappa shape index (κ1) is 24.8.